The number of hydrogen-bond acceptors (Lipinski definition) is 4. The predicted octanol–water partition coefficient (Wildman–Crippen LogP) is 5.69. The summed E-state index contributed by atoms with van der Waals surface area (Å²) in [5.41, 5.74) is 3.19. The van der Waals surface area contributed by atoms with Crippen LogP contribution in [0.1, 0.15) is 18.1 Å². The van der Waals surface area contributed by atoms with Crippen molar-refractivity contribution in [2.24, 2.45) is 0 Å². The molecule has 0 bridgehead atoms. The third kappa shape index (κ3) is 11.5. The van der Waals surface area contributed by atoms with Gasteiger partial charge in [0.15, 0.2) is 0 Å². The normalized spacial score (nSPS) is 9.61. The lowest BCUT2D eigenvalue weighted by atomic mass is 10.1. The summed E-state index contributed by atoms with van der Waals surface area (Å²) in [6.45, 7) is 18.5. The van der Waals surface area contributed by atoms with Crippen LogP contribution in [0.15, 0.2) is 98.3 Å². The van der Waals surface area contributed by atoms with E-state index in [2.05, 4.69) is 26.3 Å². The molecule has 0 aliphatic heterocycles. The first-order valence-corrected chi connectivity index (χ1v) is 10.2. The molecule has 0 atom stereocenters. The third-order valence-electron chi connectivity index (χ3n) is 4.13. The van der Waals surface area contributed by atoms with Crippen LogP contribution < -0.4 is 9.47 Å². The largest absolute Gasteiger partial charge is 0.494 e. The van der Waals surface area contributed by atoms with Crippen LogP contribution in [0.4, 0.5) is 0 Å². The van der Waals surface area contributed by atoms with Crippen molar-refractivity contribution in [3.63, 3.8) is 0 Å². The lowest BCUT2D eigenvalue weighted by molar-refractivity contribution is 0.225. The van der Waals surface area contributed by atoms with Crippen LogP contribution in [-0.4, -0.2) is 31.5 Å². The molecule has 1 N–H and O–H groups in total. The molecule has 0 spiro atoms. The Labute approximate surface area is 186 Å². The van der Waals surface area contributed by atoms with Gasteiger partial charge in [-0.05, 0) is 54.3 Å². The maximum absolute atomic E-state index is 8.69. The number of ether oxygens (including phenoxy) is 3. The van der Waals surface area contributed by atoms with Gasteiger partial charge >= 0.3 is 0 Å². The van der Waals surface area contributed by atoms with Crippen molar-refractivity contribution in [3.8, 4) is 11.5 Å². The van der Waals surface area contributed by atoms with E-state index in [1.54, 1.807) is 12.2 Å². The van der Waals surface area contributed by atoms with Crippen molar-refractivity contribution in [3.05, 3.63) is 109 Å². The van der Waals surface area contributed by atoms with Crippen LogP contribution in [0, 0.1) is 0 Å². The smallest absolute Gasteiger partial charge is 0.119 e. The van der Waals surface area contributed by atoms with E-state index in [0.717, 1.165) is 29.1 Å². The van der Waals surface area contributed by atoms with Crippen molar-refractivity contribution in [1.29, 1.82) is 0 Å². The van der Waals surface area contributed by atoms with Gasteiger partial charge < -0.3 is 19.3 Å². The Morgan fingerprint density at radius 2 is 1.26 bits per heavy atom. The molecule has 2 aromatic carbocycles. The van der Waals surface area contributed by atoms with Crippen LogP contribution in [0.25, 0.3) is 0 Å². The number of aliphatic hydroxyl groups excluding tert-OH is 1. The summed E-state index contributed by atoms with van der Waals surface area (Å²) in [7, 11) is 0. The minimum Gasteiger partial charge on any atom is -0.494 e. The standard InChI is InChI=1S/C16H20O2.C11H14O2/c1-5-11-18-16-8-6-15(7-9-16)10-12-17-14(4)13(2)3;1-2-9-13-11-5-3-10(4-6-11)7-8-12/h5-9H,1-2,4,10-12H2,3H3;2-6,12H,1,7-9H2. The van der Waals surface area contributed by atoms with Gasteiger partial charge in [0.1, 0.15) is 30.5 Å². The Balaban J connectivity index is 0.000000327. The third-order valence-corrected chi connectivity index (χ3v) is 4.13. The molecule has 0 aromatic heterocycles. The second-order valence-electron chi connectivity index (χ2n) is 6.76. The lowest BCUT2D eigenvalue weighted by Gasteiger charge is -2.09. The minimum absolute atomic E-state index is 0.187. The van der Waals surface area contributed by atoms with Crippen molar-refractivity contribution >= 4 is 0 Å². The molecule has 2 rings (SSSR count). The molecular weight excluding hydrogens is 388 g/mol. The summed E-state index contributed by atoms with van der Waals surface area (Å²) in [6, 6.07) is 15.7. The highest BCUT2D eigenvalue weighted by Crippen LogP contribution is 2.14. The second-order valence-corrected chi connectivity index (χ2v) is 6.76. The Morgan fingerprint density at radius 3 is 1.65 bits per heavy atom. The van der Waals surface area contributed by atoms with Crippen molar-refractivity contribution in [1.82, 2.24) is 0 Å². The van der Waals surface area contributed by atoms with E-state index in [9.17, 15) is 0 Å². The maximum atomic E-state index is 8.69. The van der Waals surface area contributed by atoms with Crippen molar-refractivity contribution in [2.75, 3.05) is 26.4 Å². The quantitative estimate of drug-likeness (QED) is 0.256. The minimum atomic E-state index is 0.187. The van der Waals surface area contributed by atoms with E-state index in [0.29, 0.717) is 32.0 Å². The van der Waals surface area contributed by atoms with Crippen LogP contribution in [0.3, 0.4) is 0 Å². The molecule has 4 nitrogen and oxygen atoms in total. The Kier molecular flexibility index (Phi) is 13.0. The van der Waals surface area contributed by atoms with Gasteiger partial charge in [0.2, 0.25) is 0 Å². The lowest BCUT2D eigenvalue weighted by Crippen LogP contribution is -1.99. The molecule has 0 radical (unpaired) electrons. The number of aliphatic hydroxyl groups is 1. The average Bonchev–Trinajstić information content (AvgIpc) is 2.78. The second kappa shape index (κ2) is 15.6. The first-order valence-electron chi connectivity index (χ1n) is 10.2. The average molecular weight is 423 g/mol. The summed E-state index contributed by atoms with van der Waals surface area (Å²) in [6.07, 6.45) is 4.97. The van der Waals surface area contributed by atoms with E-state index in [4.69, 9.17) is 19.3 Å². The Bertz CT molecular complexity index is 804. The molecular formula is C27H34O4. The van der Waals surface area contributed by atoms with Gasteiger partial charge in [-0.1, -0.05) is 62.7 Å². The topological polar surface area (TPSA) is 47.9 Å². The molecule has 0 fully saturated rings. The summed E-state index contributed by atoms with van der Waals surface area (Å²) < 4.78 is 16.2. The number of benzene rings is 2. The summed E-state index contributed by atoms with van der Waals surface area (Å²) >= 11 is 0. The van der Waals surface area contributed by atoms with E-state index in [-0.39, 0.29) is 6.61 Å². The highest BCUT2D eigenvalue weighted by atomic mass is 16.5. The fraction of sp³-hybridized carbons (Fsp3) is 0.259. The van der Waals surface area contributed by atoms with Crippen molar-refractivity contribution < 1.29 is 19.3 Å². The fourth-order valence-corrected chi connectivity index (χ4v) is 2.36. The summed E-state index contributed by atoms with van der Waals surface area (Å²) in [5, 5.41) is 8.69. The number of allylic oxidation sites excluding steroid dienone is 1. The molecule has 2 aromatic rings. The Morgan fingerprint density at radius 1 is 0.806 bits per heavy atom. The fourth-order valence-electron chi connectivity index (χ4n) is 2.36. The highest BCUT2D eigenvalue weighted by Gasteiger charge is 1.98. The van der Waals surface area contributed by atoms with Crippen LogP contribution in [-0.2, 0) is 17.6 Å². The number of rotatable bonds is 13. The molecule has 0 heterocycles. The summed E-state index contributed by atoms with van der Waals surface area (Å²) in [4.78, 5) is 0. The zero-order chi connectivity index (χ0) is 22.9. The first-order chi connectivity index (χ1) is 15.0. The van der Waals surface area contributed by atoms with Crippen LogP contribution >= 0.6 is 0 Å². The van der Waals surface area contributed by atoms with Gasteiger partial charge in [-0.15, -0.1) is 0 Å². The molecule has 4 heteroatoms. The predicted molar refractivity (Wildman–Crippen MR) is 129 cm³/mol. The maximum Gasteiger partial charge on any atom is 0.119 e. The van der Waals surface area contributed by atoms with Crippen LogP contribution in [0.5, 0.6) is 11.5 Å². The van der Waals surface area contributed by atoms with Gasteiger partial charge in [0.25, 0.3) is 0 Å². The molecule has 0 aliphatic rings. The van der Waals surface area contributed by atoms with E-state index in [1.807, 2.05) is 55.5 Å². The molecule has 0 aliphatic carbocycles. The van der Waals surface area contributed by atoms with E-state index >= 15 is 0 Å². The first kappa shape index (κ1) is 25.8. The Hall–Kier alpha value is -3.24. The zero-order valence-electron chi connectivity index (χ0n) is 18.5. The van der Waals surface area contributed by atoms with Gasteiger partial charge in [-0.3, -0.25) is 0 Å². The molecule has 0 unspecified atom stereocenters. The molecule has 0 saturated heterocycles. The zero-order valence-corrected chi connectivity index (χ0v) is 18.5. The molecule has 0 saturated carbocycles. The van der Waals surface area contributed by atoms with Crippen molar-refractivity contribution in [2.45, 2.75) is 19.8 Å². The van der Waals surface area contributed by atoms with E-state index in [1.165, 1.54) is 5.56 Å². The molecule has 31 heavy (non-hydrogen) atoms. The molecule has 0 amide bonds. The highest BCUT2D eigenvalue weighted by molar-refractivity contribution is 5.28. The molecule has 166 valence electrons. The SMILES string of the molecule is C=CCOc1ccc(CCO)cc1.C=CCOc1ccc(CCOC(=C)C(=C)C)cc1. The van der Waals surface area contributed by atoms with E-state index < -0.39 is 0 Å². The van der Waals surface area contributed by atoms with Gasteiger partial charge in [0, 0.05) is 13.0 Å². The van der Waals surface area contributed by atoms with Gasteiger partial charge in [-0.2, -0.15) is 0 Å². The van der Waals surface area contributed by atoms with Gasteiger partial charge in [0.05, 0.1) is 6.61 Å². The van der Waals surface area contributed by atoms with Crippen LogP contribution in [0.2, 0.25) is 0 Å². The number of hydrogen-bond donors (Lipinski definition) is 1. The summed E-state index contributed by atoms with van der Waals surface area (Å²) in [5.74, 6) is 2.34. The van der Waals surface area contributed by atoms with Gasteiger partial charge in [-0.25, -0.2) is 0 Å². The monoisotopic (exact) mass is 422 g/mol.